The Balaban J connectivity index is 1.80. The van der Waals surface area contributed by atoms with Gasteiger partial charge in [-0.3, -0.25) is 0 Å². The van der Waals surface area contributed by atoms with Crippen molar-refractivity contribution in [2.75, 3.05) is 41.4 Å². The van der Waals surface area contributed by atoms with Gasteiger partial charge in [0.2, 0.25) is 0 Å². The first-order valence-corrected chi connectivity index (χ1v) is 9.03. The molecule has 0 radical (unpaired) electrons. The van der Waals surface area contributed by atoms with Crippen molar-refractivity contribution in [1.82, 2.24) is 9.80 Å². The van der Waals surface area contributed by atoms with Crippen LogP contribution in [0, 0.1) is 0 Å². The van der Waals surface area contributed by atoms with Crippen molar-refractivity contribution in [1.29, 1.82) is 0 Å². The van der Waals surface area contributed by atoms with Crippen LogP contribution in [0.3, 0.4) is 0 Å². The molecule has 6 heteroatoms. The lowest BCUT2D eigenvalue weighted by Gasteiger charge is -2.21. The number of phenols is 2. The van der Waals surface area contributed by atoms with E-state index in [0.29, 0.717) is 24.6 Å². The van der Waals surface area contributed by atoms with Gasteiger partial charge in [-0.25, -0.2) is 0 Å². The Morgan fingerprint density at radius 1 is 0.741 bits per heavy atom. The predicted molar refractivity (Wildman–Crippen MR) is 107 cm³/mol. The fourth-order valence-electron chi connectivity index (χ4n) is 3.07. The third-order valence-corrected chi connectivity index (χ3v) is 4.57. The van der Waals surface area contributed by atoms with Crippen LogP contribution in [0.25, 0.3) is 0 Å². The summed E-state index contributed by atoms with van der Waals surface area (Å²) in [7, 11) is 7.18. The zero-order valence-electron chi connectivity index (χ0n) is 16.6. The van der Waals surface area contributed by atoms with Gasteiger partial charge in [0.1, 0.15) is 0 Å². The molecule has 2 N–H and O–H groups in total. The predicted octanol–water partition coefficient (Wildman–Crippen LogP) is 3.07. The number of hydrogen-bond acceptors (Lipinski definition) is 6. The van der Waals surface area contributed by atoms with E-state index in [1.165, 1.54) is 0 Å². The number of phenolic OH excluding ortho intramolecular Hbond substituents is 2. The van der Waals surface area contributed by atoms with Gasteiger partial charge in [0.25, 0.3) is 0 Å². The van der Waals surface area contributed by atoms with Crippen molar-refractivity contribution >= 4 is 0 Å². The highest BCUT2D eigenvalue weighted by Gasteiger charge is 2.11. The maximum atomic E-state index is 10.2. The van der Waals surface area contributed by atoms with Crippen molar-refractivity contribution < 1.29 is 19.7 Å². The van der Waals surface area contributed by atoms with Crippen LogP contribution in [-0.4, -0.2) is 61.4 Å². The Labute approximate surface area is 161 Å². The number of methoxy groups -OCH3 is 2. The van der Waals surface area contributed by atoms with Crippen molar-refractivity contribution in [3.05, 3.63) is 47.5 Å². The summed E-state index contributed by atoms with van der Waals surface area (Å²) in [6.07, 6.45) is 0.975. The van der Waals surface area contributed by atoms with Gasteiger partial charge in [0.15, 0.2) is 23.0 Å². The Bertz CT molecular complexity index is 675. The molecular weight excluding hydrogens is 344 g/mol. The molecule has 148 valence electrons. The summed E-state index contributed by atoms with van der Waals surface area (Å²) in [5, 5.41) is 20.4. The molecule has 0 saturated carbocycles. The van der Waals surface area contributed by atoms with Gasteiger partial charge in [0, 0.05) is 24.2 Å². The van der Waals surface area contributed by atoms with E-state index in [1.54, 1.807) is 26.4 Å². The molecule has 0 saturated heterocycles. The minimum Gasteiger partial charge on any atom is -0.504 e. The van der Waals surface area contributed by atoms with Gasteiger partial charge in [-0.15, -0.1) is 0 Å². The second-order valence-electron chi connectivity index (χ2n) is 6.77. The number of ether oxygens (including phenoxy) is 2. The lowest BCUT2D eigenvalue weighted by atomic mass is 10.1. The number of hydrogen-bond donors (Lipinski definition) is 2. The maximum Gasteiger partial charge on any atom is 0.162 e. The summed E-state index contributed by atoms with van der Waals surface area (Å²) in [6.45, 7) is 3.10. The number of rotatable bonds is 10. The molecule has 0 bridgehead atoms. The summed E-state index contributed by atoms with van der Waals surface area (Å²) in [6, 6.07) is 11.1. The molecule has 0 amide bonds. The van der Waals surface area contributed by atoms with Gasteiger partial charge in [-0.1, -0.05) is 24.3 Å². The van der Waals surface area contributed by atoms with Crippen LogP contribution in [0.2, 0.25) is 0 Å². The summed E-state index contributed by atoms with van der Waals surface area (Å²) < 4.78 is 10.3. The van der Waals surface area contributed by atoms with E-state index in [9.17, 15) is 10.2 Å². The van der Waals surface area contributed by atoms with Crippen molar-refractivity contribution in [2.45, 2.75) is 19.5 Å². The quantitative estimate of drug-likeness (QED) is 0.666. The molecule has 0 heterocycles. The zero-order chi connectivity index (χ0) is 19.8. The molecule has 27 heavy (non-hydrogen) atoms. The van der Waals surface area contributed by atoms with Crippen LogP contribution in [0.4, 0.5) is 0 Å². The SMILES string of the molecule is COc1cccc(CN(C)CCCN(C)Cc2cccc(OC)c2O)c1O. The second kappa shape index (κ2) is 10.0. The van der Waals surface area contributed by atoms with Gasteiger partial charge in [-0.05, 0) is 45.7 Å². The van der Waals surface area contributed by atoms with Crippen LogP contribution < -0.4 is 9.47 Å². The van der Waals surface area contributed by atoms with Gasteiger partial charge >= 0.3 is 0 Å². The first-order valence-electron chi connectivity index (χ1n) is 9.03. The van der Waals surface area contributed by atoms with E-state index in [2.05, 4.69) is 9.80 Å². The number of nitrogens with zero attached hydrogens (tertiary/aromatic N) is 2. The van der Waals surface area contributed by atoms with Crippen molar-refractivity contribution in [3.8, 4) is 23.0 Å². The Hall–Kier alpha value is -2.44. The topological polar surface area (TPSA) is 65.4 Å². The standard InChI is InChI=1S/C21H30N2O4/c1-22(14-16-8-5-10-18(26-3)20(16)24)12-7-13-23(2)15-17-9-6-11-19(27-4)21(17)25/h5-6,8-11,24-25H,7,12-15H2,1-4H3. The van der Waals surface area contributed by atoms with Crippen molar-refractivity contribution in [2.24, 2.45) is 0 Å². The van der Waals surface area contributed by atoms with Crippen molar-refractivity contribution in [3.63, 3.8) is 0 Å². The molecule has 2 aromatic carbocycles. The highest BCUT2D eigenvalue weighted by atomic mass is 16.5. The number of aromatic hydroxyl groups is 2. The van der Waals surface area contributed by atoms with Gasteiger partial charge < -0.3 is 29.5 Å². The lowest BCUT2D eigenvalue weighted by Crippen LogP contribution is -2.25. The van der Waals surface area contributed by atoms with Crippen LogP contribution >= 0.6 is 0 Å². The van der Waals surface area contributed by atoms with Crippen LogP contribution in [-0.2, 0) is 13.1 Å². The molecule has 0 aliphatic rings. The average Bonchev–Trinajstić information content (AvgIpc) is 2.65. The monoisotopic (exact) mass is 374 g/mol. The van der Waals surface area contributed by atoms with Crippen LogP contribution in [0.1, 0.15) is 17.5 Å². The van der Waals surface area contributed by atoms with E-state index in [1.807, 2.05) is 38.4 Å². The Morgan fingerprint density at radius 3 is 1.52 bits per heavy atom. The minimum atomic E-state index is 0.206. The first kappa shape index (κ1) is 20.9. The third kappa shape index (κ3) is 5.77. The molecule has 0 spiro atoms. The summed E-state index contributed by atoms with van der Waals surface area (Å²) in [4.78, 5) is 4.34. The van der Waals surface area contributed by atoms with E-state index in [4.69, 9.17) is 9.47 Å². The minimum absolute atomic E-state index is 0.206. The zero-order valence-corrected chi connectivity index (χ0v) is 16.6. The highest BCUT2D eigenvalue weighted by molar-refractivity contribution is 5.46. The smallest absolute Gasteiger partial charge is 0.162 e. The Morgan fingerprint density at radius 2 is 1.15 bits per heavy atom. The van der Waals surface area contributed by atoms with E-state index in [0.717, 1.165) is 30.6 Å². The molecule has 2 aromatic rings. The fourth-order valence-corrected chi connectivity index (χ4v) is 3.07. The summed E-state index contributed by atoms with van der Waals surface area (Å²) in [5.74, 6) is 1.41. The van der Waals surface area contributed by atoms with E-state index < -0.39 is 0 Å². The molecule has 0 aromatic heterocycles. The van der Waals surface area contributed by atoms with Crippen LogP contribution in [0.15, 0.2) is 36.4 Å². The molecule has 0 fully saturated rings. The highest BCUT2D eigenvalue weighted by Crippen LogP contribution is 2.31. The van der Waals surface area contributed by atoms with Gasteiger partial charge in [-0.2, -0.15) is 0 Å². The van der Waals surface area contributed by atoms with E-state index in [-0.39, 0.29) is 11.5 Å². The van der Waals surface area contributed by atoms with Crippen LogP contribution in [0.5, 0.6) is 23.0 Å². The number of para-hydroxylation sites is 2. The summed E-state index contributed by atoms with van der Waals surface area (Å²) >= 11 is 0. The summed E-state index contributed by atoms with van der Waals surface area (Å²) in [5.41, 5.74) is 1.71. The molecular formula is C21H30N2O4. The molecule has 0 aliphatic heterocycles. The second-order valence-corrected chi connectivity index (χ2v) is 6.77. The van der Waals surface area contributed by atoms with Gasteiger partial charge in [0.05, 0.1) is 14.2 Å². The number of benzene rings is 2. The largest absolute Gasteiger partial charge is 0.504 e. The lowest BCUT2D eigenvalue weighted by molar-refractivity contribution is 0.264. The molecule has 0 unspecified atom stereocenters. The maximum absolute atomic E-state index is 10.2. The third-order valence-electron chi connectivity index (χ3n) is 4.57. The fraction of sp³-hybridized carbons (Fsp3) is 0.429. The van der Waals surface area contributed by atoms with E-state index >= 15 is 0 Å². The molecule has 0 atom stereocenters. The first-order chi connectivity index (χ1) is 13.0. The molecule has 0 aliphatic carbocycles. The Kier molecular flexibility index (Phi) is 7.76. The average molecular weight is 374 g/mol. The molecule has 2 rings (SSSR count). The molecule has 6 nitrogen and oxygen atoms in total. The normalized spacial score (nSPS) is 11.2.